The third-order valence-electron chi connectivity index (χ3n) is 1.42. The van der Waals surface area contributed by atoms with Gasteiger partial charge in [-0.3, -0.25) is 4.79 Å². The van der Waals surface area contributed by atoms with E-state index in [1.165, 1.54) is 0 Å². The van der Waals surface area contributed by atoms with Crippen molar-refractivity contribution in [2.45, 2.75) is 12.6 Å². The van der Waals surface area contributed by atoms with Gasteiger partial charge in [-0.05, 0) is 20.0 Å². The number of hydrogen-bond donors (Lipinski definition) is 2. The van der Waals surface area contributed by atoms with Crippen LogP contribution in [-0.4, -0.2) is 45.4 Å². The molecule has 0 aromatic carbocycles. The molecule has 0 bridgehead atoms. The monoisotopic (exact) mass is 228 g/mol. The highest BCUT2D eigenvalue weighted by Gasteiger charge is 2.27. The Hall–Kier alpha value is -0.820. The van der Waals surface area contributed by atoms with E-state index in [0.717, 1.165) is 13.0 Å². The number of ether oxygens (including phenoxy) is 1. The normalized spacial score (nSPS) is 11.5. The van der Waals surface area contributed by atoms with Crippen LogP contribution < -0.4 is 10.6 Å². The molecule has 0 saturated carbocycles. The molecule has 0 spiro atoms. The van der Waals surface area contributed by atoms with E-state index in [9.17, 15) is 18.0 Å². The average molecular weight is 228 g/mol. The number of amides is 1. The molecule has 0 aromatic rings. The molecule has 4 nitrogen and oxygen atoms in total. The van der Waals surface area contributed by atoms with Crippen molar-refractivity contribution in [3.8, 4) is 0 Å². The summed E-state index contributed by atoms with van der Waals surface area (Å²) in [6.07, 6.45) is -3.66. The maximum atomic E-state index is 11.6. The van der Waals surface area contributed by atoms with Crippen molar-refractivity contribution in [3.05, 3.63) is 0 Å². The Morgan fingerprint density at radius 2 is 2.00 bits per heavy atom. The van der Waals surface area contributed by atoms with Gasteiger partial charge in [0.1, 0.15) is 13.2 Å². The fraction of sp³-hybridized carbons (Fsp3) is 0.875. The van der Waals surface area contributed by atoms with Crippen LogP contribution in [0.3, 0.4) is 0 Å². The number of alkyl halides is 3. The summed E-state index contributed by atoms with van der Waals surface area (Å²) in [5.74, 6) is -0.532. The summed E-state index contributed by atoms with van der Waals surface area (Å²) >= 11 is 0. The number of halogens is 3. The van der Waals surface area contributed by atoms with Gasteiger partial charge in [-0.2, -0.15) is 13.2 Å². The second-order valence-electron chi connectivity index (χ2n) is 2.92. The molecule has 0 aliphatic heterocycles. The Morgan fingerprint density at radius 3 is 2.53 bits per heavy atom. The van der Waals surface area contributed by atoms with Crippen LogP contribution in [0, 0.1) is 0 Å². The second-order valence-corrected chi connectivity index (χ2v) is 2.92. The van der Waals surface area contributed by atoms with Gasteiger partial charge >= 0.3 is 6.18 Å². The van der Waals surface area contributed by atoms with Crippen molar-refractivity contribution in [1.29, 1.82) is 0 Å². The molecular weight excluding hydrogens is 213 g/mol. The van der Waals surface area contributed by atoms with E-state index in [-0.39, 0.29) is 0 Å². The van der Waals surface area contributed by atoms with Crippen LogP contribution in [-0.2, 0) is 9.53 Å². The van der Waals surface area contributed by atoms with Gasteiger partial charge in [0.15, 0.2) is 0 Å². The molecule has 0 radical (unpaired) electrons. The molecule has 0 aromatic heterocycles. The topological polar surface area (TPSA) is 50.4 Å². The molecular formula is C8H15F3N2O2. The summed E-state index contributed by atoms with van der Waals surface area (Å²) in [6.45, 7) is -0.783. The van der Waals surface area contributed by atoms with Gasteiger partial charge in [-0.15, -0.1) is 0 Å². The van der Waals surface area contributed by atoms with Gasteiger partial charge in [-0.1, -0.05) is 0 Å². The zero-order valence-corrected chi connectivity index (χ0v) is 8.49. The maximum absolute atomic E-state index is 11.6. The van der Waals surface area contributed by atoms with Crippen molar-refractivity contribution < 1.29 is 22.7 Å². The summed E-state index contributed by atoms with van der Waals surface area (Å²) < 4.78 is 38.9. The summed E-state index contributed by atoms with van der Waals surface area (Å²) in [5, 5.41) is 5.31. The fourth-order valence-electron chi connectivity index (χ4n) is 0.803. The highest BCUT2D eigenvalue weighted by atomic mass is 19.4. The lowest BCUT2D eigenvalue weighted by Gasteiger charge is -2.08. The Bertz CT molecular complexity index is 185. The van der Waals surface area contributed by atoms with Gasteiger partial charge in [0.05, 0.1) is 0 Å². The third-order valence-corrected chi connectivity index (χ3v) is 1.42. The van der Waals surface area contributed by atoms with E-state index in [1.54, 1.807) is 7.05 Å². The molecule has 0 saturated heterocycles. The van der Waals surface area contributed by atoms with Gasteiger partial charge < -0.3 is 15.4 Å². The fourth-order valence-corrected chi connectivity index (χ4v) is 0.803. The number of carbonyl (C=O) groups excluding carboxylic acids is 1. The third kappa shape index (κ3) is 11.1. The molecule has 90 valence electrons. The van der Waals surface area contributed by atoms with Crippen molar-refractivity contribution in [1.82, 2.24) is 10.6 Å². The maximum Gasteiger partial charge on any atom is 0.411 e. The van der Waals surface area contributed by atoms with Crippen molar-refractivity contribution in [3.63, 3.8) is 0 Å². The van der Waals surface area contributed by atoms with Crippen LogP contribution in [0.5, 0.6) is 0 Å². The molecule has 0 atom stereocenters. The van der Waals surface area contributed by atoms with E-state index in [4.69, 9.17) is 0 Å². The first-order chi connectivity index (χ1) is 6.95. The average Bonchev–Trinajstić information content (AvgIpc) is 2.10. The molecule has 0 unspecified atom stereocenters. The highest BCUT2D eigenvalue weighted by molar-refractivity contribution is 5.77. The molecule has 0 fully saturated rings. The van der Waals surface area contributed by atoms with Crippen molar-refractivity contribution in [2.75, 3.05) is 33.4 Å². The lowest BCUT2D eigenvalue weighted by molar-refractivity contribution is -0.175. The summed E-state index contributed by atoms with van der Waals surface area (Å²) in [4.78, 5) is 10.9. The predicted octanol–water partition coefficient (Wildman–Crippen LogP) is 0.291. The predicted molar refractivity (Wildman–Crippen MR) is 48.4 cm³/mol. The Labute approximate surface area is 86.2 Å². The first-order valence-electron chi connectivity index (χ1n) is 4.51. The summed E-state index contributed by atoms with van der Waals surface area (Å²) in [6, 6.07) is 0. The van der Waals surface area contributed by atoms with Crippen LogP contribution in [0.25, 0.3) is 0 Å². The lowest BCUT2D eigenvalue weighted by Crippen LogP contribution is -2.31. The molecule has 2 N–H and O–H groups in total. The molecule has 0 heterocycles. The van der Waals surface area contributed by atoms with Crippen molar-refractivity contribution in [2.24, 2.45) is 0 Å². The molecule has 15 heavy (non-hydrogen) atoms. The van der Waals surface area contributed by atoms with Gasteiger partial charge in [-0.25, -0.2) is 0 Å². The summed E-state index contributed by atoms with van der Waals surface area (Å²) in [5.41, 5.74) is 0. The van der Waals surface area contributed by atoms with Gasteiger partial charge in [0, 0.05) is 6.54 Å². The first kappa shape index (κ1) is 14.2. The first-order valence-corrected chi connectivity index (χ1v) is 4.51. The Balaban J connectivity index is 3.34. The van der Waals surface area contributed by atoms with Crippen molar-refractivity contribution >= 4 is 5.91 Å². The lowest BCUT2D eigenvalue weighted by atomic mass is 10.4. The largest absolute Gasteiger partial charge is 0.411 e. The molecule has 1 amide bonds. The Kier molecular flexibility index (Phi) is 7.06. The van der Waals surface area contributed by atoms with E-state index >= 15 is 0 Å². The van der Waals surface area contributed by atoms with Crippen LogP contribution in [0.2, 0.25) is 0 Å². The summed E-state index contributed by atoms with van der Waals surface area (Å²) in [7, 11) is 1.77. The second kappa shape index (κ2) is 7.47. The molecule has 0 rings (SSSR count). The van der Waals surface area contributed by atoms with Crippen LogP contribution in [0.15, 0.2) is 0 Å². The minimum absolute atomic E-state index is 0.426. The standard InChI is InChI=1S/C8H15F3N2O2/c1-12-3-2-4-13-7(14)5-15-6-8(9,10)11/h12H,2-6H2,1H3,(H,13,14). The minimum Gasteiger partial charge on any atom is -0.362 e. The van der Waals surface area contributed by atoms with Gasteiger partial charge in [0.25, 0.3) is 0 Å². The van der Waals surface area contributed by atoms with Crippen LogP contribution >= 0.6 is 0 Å². The Morgan fingerprint density at radius 1 is 1.33 bits per heavy atom. The number of carbonyl (C=O) groups is 1. The minimum atomic E-state index is -4.38. The molecule has 0 aliphatic rings. The SMILES string of the molecule is CNCCCNC(=O)COCC(F)(F)F. The van der Waals surface area contributed by atoms with Crippen LogP contribution in [0.1, 0.15) is 6.42 Å². The highest BCUT2D eigenvalue weighted by Crippen LogP contribution is 2.13. The van der Waals surface area contributed by atoms with E-state index < -0.39 is 25.3 Å². The van der Waals surface area contributed by atoms with E-state index in [0.29, 0.717) is 6.54 Å². The zero-order valence-electron chi connectivity index (χ0n) is 8.49. The smallest absolute Gasteiger partial charge is 0.362 e. The van der Waals surface area contributed by atoms with E-state index in [1.807, 2.05) is 0 Å². The molecule has 0 aliphatic carbocycles. The molecule has 7 heteroatoms. The van der Waals surface area contributed by atoms with Crippen LogP contribution in [0.4, 0.5) is 13.2 Å². The zero-order chi connectivity index (χ0) is 11.7. The number of rotatable bonds is 7. The number of hydrogen-bond acceptors (Lipinski definition) is 3. The van der Waals surface area contributed by atoms with Gasteiger partial charge in [0.2, 0.25) is 5.91 Å². The number of nitrogens with one attached hydrogen (secondary N) is 2. The quantitative estimate of drug-likeness (QED) is 0.616. The van der Waals surface area contributed by atoms with E-state index in [2.05, 4.69) is 15.4 Å².